The van der Waals surface area contributed by atoms with E-state index in [0.29, 0.717) is 0 Å². The van der Waals surface area contributed by atoms with Gasteiger partial charge in [0.25, 0.3) is 12.9 Å². The van der Waals surface area contributed by atoms with Gasteiger partial charge in [-0.15, -0.1) is 0 Å². The van der Waals surface area contributed by atoms with Gasteiger partial charge in [0.2, 0.25) is 0 Å². The summed E-state index contributed by atoms with van der Waals surface area (Å²) in [5.74, 6) is 2.68. The fraction of sp³-hybridized carbons (Fsp3) is 0.227. The molecule has 172 valence electrons. The predicted octanol–water partition coefficient (Wildman–Crippen LogP) is 2.55. The van der Waals surface area contributed by atoms with Crippen molar-refractivity contribution in [1.82, 2.24) is 24.9 Å². The Kier molecular flexibility index (Phi) is 7.58. The molecule has 1 aliphatic heterocycles. The SMILES string of the molecule is COc1cccc(C2CN(c3nc(C)nc4cc[nH]c34)Cc3[nH]cnc32)c1.O=CO.O=CO. The van der Waals surface area contributed by atoms with Crippen LogP contribution in [-0.2, 0) is 16.1 Å². The summed E-state index contributed by atoms with van der Waals surface area (Å²) in [5, 5.41) is 13.8. The molecule has 4 heterocycles. The molecular weight excluding hydrogens is 428 g/mol. The highest BCUT2D eigenvalue weighted by Crippen LogP contribution is 2.36. The average molecular weight is 452 g/mol. The molecule has 0 spiro atoms. The maximum Gasteiger partial charge on any atom is 0.290 e. The normalized spacial score (nSPS) is 14.2. The molecule has 5 rings (SSSR count). The molecule has 0 radical (unpaired) electrons. The predicted molar refractivity (Wildman–Crippen MR) is 120 cm³/mol. The number of aromatic nitrogens is 5. The molecule has 11 heteroatoms. The van der Waals surface area contributed by atoms with E-state index in [1.807, 2.05) is 31.3 Å². The Balaban J connectivity index is 0.000000464. The number of methoxy groups -OCH3 is 1. The quantitative estimate of drug-likeness (QED) is 0.343. The maximum absolute atomic E-state index is 8.36. The van der Waals surface area contributed by atoms with Crippen LogP contribution in [0, 0.1) is 6.92 Å². The van der Waals surface area contributed by atoms with Crippen molar-refractivity contribution in [2.75, 3.05) is 18.6 Å². The molecule has 0 saturated heterocycles. The number of aromatic amines is 2. The minimum absolute atomic E-state index is 0.135. The van der Waals surface area contributed by atoms with Crippen LogP contribution in [0.4, 0.5) is 5.82 Å². The second-order valence-corrected chi connectivity index (χ2v) is 7.02. The first-order chi connectivity index (χ1) is 16.1. The van der Waals surface area contributed by atoms with Crippen molar-refractivity contribution < 1.29 is 24.5 Å². The topological polar surface area (TPSA) is 157 Å². The highest BCUT2D eigenvalue weighted by molar-refractivity contribution is 5.86. The summed E-state index contributed by atoms with van der Waals surface area (Å²) in [4.78, 5) is 39.5. The van der Waals surface area contributed by atoms with Crippen LogP contribution in [0.25, 0.3) is 11.0 Å². The third-order valence-corrected chi connectivity index (χ3v) is 5.13. The Morgan fingerprint density at radius 1 is 1.15 bits per heavy atom. The molecule has 1 aromatic carbocycles. The zero-order valence-corrected chi connectivity index (χ0v) is 18.1. The molecule has 0 fully saturated rings. The summed E-state index contributed by atoms with van der Waals surface area (Å²) in [6, 6.07) is 10.2. The van der Waals surface area contributed by atoms with E-state index in [9.17, 15) is 0 Å². The summed E-state index contributed by atoms with van der Waals surface area (Å²) < 4.78 is 5.42. The number of H-pyrrole nitrogens is 2. The van der Waals surface area contributed by atoms with Gasteiger partial charge in [0, 0.05) is 18.7 Å². The van der Waals surface area contributed by atoms with Gasteiger partial charge in [-0.25, -0.2) is 15.0 Å². The monoisotopic (exact) mass is 452 g/mol. The zero-order chi connectivity index (χ0) is 23.8. The first-order valence-electron chi connectivity index (χ1n) is 9.94. The Bertz CT molecular complexity index is 1210. The van der Waals surface area contributed by atoms with Crippen LogP contribution in [0.1, 0.15) is 28.7 Å². The molecule has 0 amide bonds. The smallest absolute Gasteiger partial charge is 0.290 e. The maximum atomic E-state index is 8.36. The van der Waals surface area contributed by atoms with Crippen molar-refractivity contribution in [2.24, 2.45) is 0 Å². The Hall–Kier alpha value is -4.41. The number of ether oxygens (including phenoxy) is 1. The lowest BCUT2D eigenvalue weighted by atomic mass is 9.90. The molecular formula is C22H24N6O5. The van der Waals surface area contributed by atoms with E-state index in [0.717, 1.165) is 52.9 Å². The minimum Gasteiger partial charge on any atom is -0.497 e. The summed E-state index contributed by atoms with van der Waals surface area (Å²) in [6.07, 6.45) is 3.68. The van der Waals surface area contributed by atoms with Crippen molar-refractivity contribution in [1.29, 1.82) is 0 Å². The van der Waals surface area contributed by atoms with E-state index in [1.54, 1.807) is 13.4 Å². The van der Waals surface area contributed by atoms with Crippen molar-refractivity contribution >= 4 is 29.8 Å². The minimum atomic E-state index is -0.250. The van der Waals surface area contributed by atoms with Crippen molar-refractivity contribution in [3.63, 3.8) is 0 Å². The molecule has 1 atom stereocenters. The van der Waals surface area contributed by atoms with Crippen LogP contribution in [0.5, 0.6) is 5.75 Å². The highest BCUT2D eigenvalue weighted by atomic mass is 16.5. The molecule has 1 unspecified atom stereocenters. The number of hydrogen-bond acceptors (Lipinski definition) is 7. The fourth-order valence-electron chi connectivity index (χ4n) is 3.87. The van der Waals surface area contributed by atoms with E-state index in [4.69, 9.17) is 29.5 Å². The Labute approximate surface area is 189 Å². The summed E-state index contributed by atoms with van der Waals surface area (Å²) in [6.45, 7) is 2.96. The summed E-state index contributed by atoms with van der Waals surface area (Å²) >= 11 is 0. The number of carbonyl (C=O) groups is 2. The number of benzene rings is 1. The lowest BCUT2D eigenvalue weighted by Gasteiger charge is -2.33. The molecule has 0 aliphatic carbocycles. The van der Waals surface area contributed by atoms with Gasteiger partial charge in [-0.05, 0) is 30.7 Å². The fourth-order valence-corrected chi connectivity index (χ4v) is 3.87. The van der Waals surface area contributed by atoms with Gasteiger partial charge in [-0.2, -0.15) is 0 Å². The molecule has 4 N–H and O–H groups in total. The number of carboxylic acid groups (broad SMARTS) is 2. The van der Waals surface area contributed by atoms with Crippen LogP contribution >= 0.6 is 0 Å². The van der Waals surface area contributed by atoms with Crippen LogP contribution in [0.15, 0.2) is 42.9 Å². The lowest BCUT2D eigenvalue weighted by Crippen LogP contribution is -2.35. The zero-order valence-electron chi connectivity index (χ0n) is 18.1. The van der Waals surface area contributed by atoms with Gasteiger partial charge in [0.05, 0.1) is 36.9 Å². The number of nitrogens with one attached hydrogen (secondary N) is 2. The third-order valence-electron chi connectivity index (χ3n) is 5.13. The number of fused-ring (bicyclic) bond motifs is 2. The van der Waals surface area contributed by atoms with Gasteiger partial charge >= 0.3 is 0 Å². The Morgan fingerprint density at radius 2 is 1.91 bits per heavy atom. The average Bonchev–Trinajstić information content (AvgIpc) is 3.48. The van der Waals surface area contributed by atoms with Gasteiger partial charge in [0.15, 0.2) is 5.82 Å². The van der Waals surface area contributed by atoms with Crippen LogP contribution < -0.4 is 9.64 Å². The van der Waals surface area contributed by atoms with Gasteiger partial charge in [-0.1, -0.05) is 12.1 Å². The van der Waals surface area contributed by atoms with E-state index in [2.05, 4.69) is 37.0 Å². The van der Waals surface area contributed by atoms with Crippen molar-refractivity contribution in [3.05, 3.63) is 65.6 Å². The molecule has 0 saturated carbocycles. The molecule has 4 aromatic rings. The van der Waals surface area contributed by atoms with Gasteiger partial charge < -0.3 is 29.8 Å². The molecule has 1 aliphatic rings. The third kappa shape index (κ3) is 5.09. The van der Waals surface area contributed by atoms with E-state index in [1.165, 1.54) is 5.56 Å². The highest BCUT2D eigenvalue weighted by Gasteiger charge is 2.31. The van der Waals surface area contributed by atoms with Crippen molar-refractivity contribution in [2.45, 2.75) is 19.4 Å². The molecule has 3 aromatic heterocycles. The summed E-state index contributed by atoms with van der Waals surface area (Å²) in [5.41, 5.74) is 5.29. The number of imidazole rings is 1. The van der Waals surface area contributed by atoms with E-state index >= 15 is 0 Å². The number of nitrogens with zero attached hydrogens (tertiary/aromatic N) is 4. The van der Waals surface area contributed by atoms with Gasteiger partial charge in [0.1, 0.15) is 17.1 Å². The first-order valence-corrected chi connectivity index (χ1v) is 9.94. The van der Waals surface area contributed by atoms with E-state index in [-0.39, 0.29) is 18.9 Å². The van der Waals surface area contributed by atoms with E-state index < -0.39 is 0 Å². The number of anilines is 1. The Morgan fingerprint density at radius 3 is 2.64 bits per heavy atom. The van der Waals surface area contributed by atoms with Crippen LogP contribution in [-0.4, -0.2) is 61.7 Å². The second kappa shape index (κ2) is 10.8. The standard InChI is InChI=1S/C20H20N6O.2CH2O2/c1-12-24-16-6-7-21-19(16)20(25-12)26-9-15(18-17(10-26)22-11-23-18)13-4-3-5-14(8-13)27-2;2*2-1-3/h3-8,11,15,21H,9-10H2,1-2H3,(H,22,23);2*1H,(H,2,3). The first kappa shape index (κ1) is 23.3. The number of rotatable bonds is 3. The molecule has 11 nitrogen and oxygen atoms in total. The van der Waals surface area contributed by atoms with Gasteiger partial charge in [-0.3, -0.25) is 9.59 Å². The van der Waals surface area contributed by atoms with Crippen LogP contribution in [0.3, 0.4) is 0 Å². The number of aryl methyl sites for hydroxylation is 1. The lowest BCUT2D eigenvalue weighted by molar-refractivity contribution is -0.123. The largest absolute Gasteiger partial charge is 0.497 e. The van der Waals surface area contributed by atoms with Crippen LogP contribution in [0.2, 0.25) is 0 Å². The summed E-state index contributed by atoms with van der Waals surface area (Å²) in [7, 11) is 1.69. The van der Waals surface area contributed by atoms with Crippen molar-refractivity contribution in [3.8, 4) is 5.75 Å². The number of hydrogen-bond donors (Lipinski definition) is 4. The molecule has 33 heavy (non-hydrogen) atoms. The second-order valence-electron chi connectivity index (χ2n) is 7.02. The molecule has 0 bridgehead atoms.